The summed E-state index contributed by atoms with van der Waals surface area (Å²) in [5.41, 5.74) is 7.87. The lowest BCUT2D eigenvalue weighted by atomic mass is 10.1. The smallest absolute Gasteiger partial charge is 0.153 e. The standard InChI is InChI=1S/C11H19N3/c1-4-5-6-13-11-10(12)9(7-14-11)8(2)3/h6-8,14H,4-5,12H2,1-3H3/b13-6-. The second-order valence-corrected chi connectivity index (χ2v) is 3.76. The van der Waals surface area contributed by atoms with Crippen molar-refractivity contribution in [3.8, 4) is 0 Å². The number of nitrogen functional groups attached to an aromatic ring is 1. The predicted molar refractivity (Wildman–Crippen MR) is 62.4 cm³/mol. The van der Waals surface area contributed by atoms with Gasteiger partial charge in [0.05, 0.1) is 5.69 Å². The summed E-state index contributed by atoms with van der Waals surface area (Å²) < 4.78 is 0. The number of aromatic amines is 1. The third-order valence-corrected chi connectivity index (χ3v) is 2.19. The number of anilines is 1. The van der Waals surface area contributed by atoms with Crippen LogP contribution in [0.1, 0.15) is 45.1 Å². The molecule has 0 aliphatic heterocycles. The first-order valence-corrected chi connectivity index (χ1v) is 5.16. The van der Waals surface area contributed by atoms with E-state index in [0.29, 0.717) is 5.92 Å². The van der Waals surface area contributed by atoms with Gasteiger partial charge in [-0.3, -0.25) is 0 Å². The highest BCUT2D eigenvalue weighted by Crippen LogP contribution is 2.29. The summed E-state index contributed by atoms with van der Waals surface area (Å²) in [6.07, 6.45) is 5.96. The molecule has 0 radical (unpaired) electrons. The van der Waals surface area contributed by atoms with Crippen LogP contribution in [0, 0.1) is 0 Å². The monoisotopic (exact) mass is 193 g/mol. The summed E-state index contributed by atoms with van der Waals surface area (Å²) in [4.78, 5) is 7.38. The van der Waals surface area contributed by atoms with Crippen LogP contribution in [0.25, 0.3) is 0 Å². The van der Waals surface area contributed by atoms with Gasteiger partial charge in [-0.1, -0.05) is 27.2 Å². The van der Waals surface area contributed by atoms with Crippen molar-refractivity contribution in [3.05, 3.63) is 11.8 Å². The average molecular weight is 193 g/mol. The summed E-state index contributed by atoms with van der Waals surface area (Å²) in [6.45, 7) is 6.38. The quantitative estimate of drug-likeness (QED) is 0.709. The molecular formula is C11H19N3. The maximum atomic E-state index is 5.94. The highest BCUT2D eigenvalue weighted by atomic mass is 14.9. The van der Waals surface area contributed by atoms with Crippen molar-refractivity contribution in [2.45, 2.75) is 39.5 Å². The summed E-state index contributed by atoms with van der Waals surface area (Å²) in [5, 5.41) is 0. The normalized spacial score (nSPS) is 11.7. The Bertz CT molecular complexity index is 310. The third kappa shape index (κ3) is 2.37. The summed E-state index contributed by atoms with van der Waals surface area (Å²) in [5.74, 6) is 1.24. The van der Waals surface area contributed by atoms with E-state index in [1.54, 1.807) is 0 Å². The summed E-state index contributed by atoms with van der Waals surface area (Å²) >= 11 is 0. The zero-order valence-corrected chi connectivity index (χ0v) is 9.17. The number of aromatic nitrogens is 1. The lowest BCUT2D eigenvalue weighted by Crippen LogP contribution is -1.91. The number of aliphatic imine (C=N–C) groups is 1. The minimum absolute atomic E-state index is 0.446. The van der Waals surface area contributed by atoms with Crippen LogP contribution in [0.2, 0.25) is 0 Å². The molecule has 3 heteroatoms. The molecule has 14 heavy (non-hydrogen) atoms. The largest absolute Gasteiger partial charge is 0.395 e. The maximum Gasteiger partial charge on any atom is 0.153 e. The number of rotatable bonds is 4. The van der Waals surface area contributed by atoms with Crippen LogP contribution in [0.5, 0.6) is 0 Å². The van der Waals surface area contributed by atoms with Crippen molar-refractivity contribution in [2.75, 3.05) is 5.73 Å². The van der Waals surface area contributed by atoms with E-state index in [0.717, 1.165) is 29.9 Å². The molecule has 1 aromatic rings. The Morgan fingerprint density at radius 3 is 2.79 bits per heavy atom. The molecule has 1 heterocycles. The van der Waals surface area contributed by atoms with Gasteiger partial charge in [0.1, 0.15) is 0 Å². The minimum atomic E-state index is 0.446. The number of nitrogens with one attached hydrogen (secondary N) is 1. The number of nitrogens with two attached hydrogens (primary N) is 1. The molecule has 0 saturated heterocycles. The zero-order valence-electron chi connectivity index (χ0n) is 9.17. The fourth-order valence-electron chi connectivity index (χ4n) is 1.31. The lowest BCUT2D eigenvalue weighted by molar-refractivity contribution is 0.871. The molecule has 0 fully saturated rings. The van der Waals surface area contributed by atoms with E-state index in [4.69, 9.17) is 5.73 Å². The first-order chi connectivity index (χ1) is 6.66. The van der Waals surface area contributed by atoms with E-state index >= 15 is 0 Å². The minimum Gasteiger partial charge on any atom is -0.395 e. The molecule has 78 valence electrons. The molecule has 0 unspecified atom stereocenters. The highest BCUT2D eigenvalue weighted by Gasteiger charge is 2.09. The van der Waals surface area contributed by atoms with Gasteiger partial charge in [0.2, 0.25) is 0 Å². The molecule has 0 atom stereocenters. The van der Waals surface area contributed by atoms with Gasteiger partial charge in [-0.25, -0.2) is 4.99 Å². The molecule has 1 aromatic heterocycles. The van der Waals surface area contributed by atoms with Gasteiger partial charge in [0.15, 0.2) is 5.82 Å². The first-order valence-electron chi connectivity index (χ1n) is 5.16. The van der Waals surface area contributed by atoms with E-state index in [2.05, 4.69) is 30.7 Å². The number of H-pyrrole nitrogens is 1. The number of nitrogens with zero attached hydrogens (tertiary/aromatic N) is 1. The SMILES string of the molecule is CCC/C=N\c1[nH]cc(C(C)C)c1N. The Labute approximate surface area is 85.4 Å². The van der Waals surface area contributed by atoms with Crippen molar-refractivity contribution in [3.63, 3.8) is 0 Å². The topological polar surface area (TPSA) is 54.2 Å². The molecule has 1 rings (SSSR count). The Balaban J connectivity index is 2.79. The number of hydrogen-bond donors (Lipinski definition) is 2. The van der Waals surface area contributed by atoms with Gasteiger partial charge in [-0.2, -0.15) is 0 Å². The average Bonchev–Trinajstić information content (AvgIpc) is 2.48. The molecule has 0 bridgehead atoms. The van der Waals surface area contributed by atoms with E-state index in [9.17, 15) is 0 Å². The zero-order chi connectivity index (χ0) is 10.6. The third-order valence-electron chi connectivity index (χ3n) is 2.19. The van der Waals surface area contributed by atoms with Crippen LogP contribution < -0.4 is 5.73 Å². The second kappa shape index (κ2) is 4.84. The lowest BCUT2D eigenvalue weighted by Gasteiger charge is -2.01. The van der Waals surface area contributed by atoms with Crippen LogP contribution in [-0.2, 0) is 0 Å². The molecule has 0 aliphatic carbocycles. The Morgan fingerprint density at radius 1 is 1.57 bits per heavy atom. The molecular weight excluding hydrogens is 174 g/mol. The van der Waals surface area contributed by atoms with Gasteiger partial charge >= 0.3 is 0 Å². The van der Waals surface area contributed by atoms with Crippen molar-refractivity contribution in [1.82, 2.24) is 4.98 Å². The van der Waals surface area contributed by atoms with Crippen LogP contribution in [0.4, 0.5) is 11.5 Å². The number of hydrogen-bond acceptors (Lipinski definition) is 2. The van der Waals surface area contributed by atoms with Crippen molar-refractivity contribution in [2.24, 2.45) is 4.99 Å². The first kappa shape index (κ1) is 10.8. The summed E-state index contributed by atoms with van der Waals surface area (Å²) in [6, 6.07) is 0. The van der Waals surface area contributed by atoms with Gasteiger partial charge < -0.3 is 10.7 Å². The van der Waals surface area contributed by atoms with Gasteiger partial charge in [-0.05, 0) is 17.9 Å². The second-order valence-electron chi connectivity index (χ2n) is 3.76. The molecule has 0 spiro atoms. The Morgan fingerprint density at radius 2 is 2.29 bits per heavy atom. The van der Waals surface area contributed by atoms with Gasteiger partial charge in [0, 0.05) is 12.4 Å². The van der Waals surface area contributed by atoms with E-state index in [-0.39, 0.29) is 0 Å². The fourth-order valence-corrected chi connectivity index (χ4v) is 1.31. The fraction of sp³-hybridized carbons (Fsp3) is 0.545. The van der Waals surface area contributed by atoms with E-state index < -0.39 is 0 Å². The molecule has 0 aromatic carbocycles. The van der Waals surface area contributed by atoms with Crippen LogP contribution >= 0.6 is 0 Å². The van der Waals surface area contributed by atoms with Crippen molar-refractivity contribution < 1.29 is 0 Å². The van der Waals surface area contributed by atoms with E-state index in [1.165, 1.54) is 0 Å². The molecule has 0 amide bonds. The molecule has 0 aliphatic rings. The van der Waals surface area contributed by atoms with Crippen LogP contribution in [-0.4, -0.2) is 11.2 Å². The maximum absolute atomic E-state index is 5.94. The summed E-state index contributed by atoms with van der Waals surface area (Å²) in [7, 11) is 0. The molecule has 3 nitrogen and oxygen atoms in total. The predicted octanol–water partition coefficient (Wildman–Crippen LogP) is 3.22. The Hall–Kier alpha value is -1.25. The van der Waals surface area contributed by atoms with Crippen LogP contribution in [0.15, 0.2) is 11.2 Å². The van der Waals surface area contributed by atoms with E-state index in [1.807, 2.05) is 12.4 Å². The van der Waals surface area contributed by atoms with Gasteiger partial charge in [0.25, 0.3) is 0 Å². The molecule has 0 saturated carbocycles. The number of unbranched alkanes of at least 4 members (excludes halogenated alkanes) is 1. The van der Waals surface area contributed by atoms with Crippen LogP contribution in [0.3, 0.4) is 0 Å². The highest BCUT2D eigenvalue weighted by molar-refractivity contribution is 5.71. The van der Waals surface area contributed by atoms with Gasteiger partial charge in [-0.15, -0.1) is 0 Å². The molecule has 3 N–H and O–H groups in total. The van der Waals surface area contributed by atoms with Crippen molar-refractivity contribution >= 4 is 17.7 Å². The Kier molecular flexibility index (Phi) is 3.74. The van der Waals surface area contributed by atoms with Crippen molar-refractivity contribution in [1.29, 1.82) is 0 Å².